The highest BCUT2D eigenvalue weighted by atomic mass is 16.6. The van der Waals surface area contributed by atoms with Gasteiger partial charge in [0.25, 0.3) is 0 Å². The molecule has 1 amide bonds. The summed E-state index contributed by atoms with van der Waals surface area (Å²) < 4.78 is 5.47. The molecule has 3 atom stereocenters. The summed E-state index contributed by atoms with van der Waals surface area (Å²) in [5.41, 5.74) is -0.413. The van der Waals surface area contributed by atoms with E-state index in [2.05, 4.69) is 22.4 Å². The zero-order valence-electron chi connectivity index (χ0n) is 13.1. The predicted octanol–water partition coefficient (Wildman–Crippen LogP) is 1.78. The van der Waals surface area contributed by atoms with E-state index in [0.29, 0.717) is 18.0 Å². The Morgan fingerprint density at radius 3 is 2.33 bits per heavy atom. The van der Waals surface area contributed by atoms with E-state index in [0.717, 1.165) is 26.2 Å². The maximum atomic E-state index is 12.1. The Morgan fingerprint density at radius 1 is 1.14 bits per heavy atom. The Kier molecular flexibility index (Phi) is 3.69. The summed E-state index contributed by atoms with van der Waals surface area (Å²) >= 11 is 0. The van der Waals surface area contributed by atoms with Crippen molar-refractivity contribution in [3.8, 4) is 0 Å². The van der Waals surface area contributed by atoms with Crippen LogP contribution in [0.1, 0.15) is 20.8 Å². The molecule has 21 heavy (non-hydrogen) atoms. The Balaban J connectivity index is 1.53. The van der Waals surface area contributed by atoms with Gasteiger partial charge in [-0.2, -0.15) is 0 Å². The Labute approximate surface area is 126 Å². The second kappa shape index (κ2) is 5.37. The van der Waals surface area contributed by atoms with E-state index in [1.165, 1.54) is 0 Å². The maximum Gasteiger partial charge on any atom is 0.410 e. The van der Waals surface area contributed by atoms with Crippen molar-refractivity contribution in [2.75, 3.05) is 26.2 Å². The monoisotopic (exact) mass is 291 g/mol. The first-order valence-electron chi connectivity index (χ1n) is 7.74. The number of allylic oxidation sites excluding steroid dienone is 2. The number of carbonyl (C=O) groups excluding carboxylic acids is 1. The van der Waals surface area contributed by atoms with Crippen LogP contribution in [0.2, 0.25) is 0 Å². The van der Waals surface area contributed by atoms with Crippen molar-refractivity contribution in [3.63, 3.8) is 0 Å². The lowest BCUT2D eigenvalue weighted by atomic mass is 10.0. The normalized spacial score (nSPS) is 32.1. The highest BCUT2D eigenvalue weighted by molar-refractivity contribution is 5.68. The molecule has 5 nitrogen and oxygen atoms in total. The van der Waals surface area contributed by atoms with Crippen LogP contribution in [0.15, 0.2) is 24.4 Å². The summed E-state index contributed by atoms with van der Waals surface area (Å²) in [6.07, 6.45) is 8.41. The summed E-state index contributed by atoms with van der Waals surface area (Å²) in [5, 5.41) is 3.37. The number of carbonyl (C=O) groups is 1. The molecule has 3 unspecified atom stereocenters. The van der Waals surface area contributed by atoms with Crippen LogP contribution in [0.3, 0.4) is 0 Å². The number of dihydropyridines is 1. The van der Waals surface area contributed by atoms with Gasteiger partial charge in [0.1, 0.15) is 5.60 Å². The van der Waals surface area contributed by atoms with Crippen LogP contribution in [0.25, 0.3) is 0 Å². The molecule has 3 heterocycles. The van der Waals surface area contributed by atoms with Gasteiger partial charge in [-0.05, 0) is 51.0 Å². The van der Waals surface area contributed by atoms with Crippen molar-refractivity contribution in [1.82, 2.24) is 15.1 Å². The molecule has 0 saturated carbocycles. The van der Waals surface area contributed by atoms with Gasteiger partial charge in [0.2, 0.25) is 0 Å². The Bertz CT molecular complexity index is 453. The Hall–Kier alpha value is -1.49. The quantitative estimate of drug-likeness (QED) is 0.800. The maximum absolute atomic E-state index is 12.1. The summed E-state index contributed by atoms with van der Waals surface area (Å²) in [6.45, 7) is 9.47. The van der Waals surface area contributed by atoms with Gasteiger partial charge in [-0.3, -0.25) is 4.90 Å². The summed E-state index contributed by atoms with van der Waals surface area (Å²) in [6, 6.07) is 0. The number of likely N-dealkylation sites (tertiary alicyclic amines) is 2. The van der Waals surface area contributed by atoms with Gasteiger partial charge in [0.05, 0.1) is 6.17 Å². The van der Waals surface area contributed by atoms with Crippen molar-refractivity contribution in [3.05, 3.63) is 24.4 Å². The van der Waals surface area contributed by atoms with Crippen molar-refractivity contribution >= 4 is 6.09 Å². The first-order chi connectivity index (χ1) is 9.92. The molecule has 5 heteroatoms. The van der Waals surface area contributed by atoms with E-state index in [1.54, 1.807) is 0 Å². The summed E-state index contributed by atoms with van der Waals surface area (Å²) in [5.74, 6) is 1.14. The lowest BCUT2D eigenvalue weighted by molar-refractivity contribution is 0.0272. The van der Waals surface area contributed by atoms with Crippen molar-refractivity contribution < 1.29 is 9.53 Å². The molecule has 0 radical (unpaired) electrons. The molecule has 2 saturated heterocycles. The smallest absolute Gasteiger partial charge is 0.410 e. The van der Waals surface area contributed by atoms with Crippen LogP contribution in [0, 0.1) is 11.8 Å². The standard InChI is InChI=1S/C16H25N3O2/c1-16(2,3)21-15(20)19-10-12-8-18(9-13(12)11-19)14-6-4-5-7-17-14/h4-7,12-14,17H,8-11H2,1-3H3. The molecule has 116 valence electrons. The molecule has 1 N–H and O–H groups in total. The largest absolute Gasteiger partial charge is 0.444 e. The van der Waals surface area contributed by atoms with Crippen LogP contribution in [-0.2, 0) is 4.74 Å². The lowest BCUT2D eigenvalue weighted by Crippen LogP contribution is -2.44. The van der Waals surface area contributed by atoms with Crippen LogP contribution < -0.4 is 5.32 Å². The molecule has 0 spiro atoms. The van der Waals surface area contributed by atoms with Crippen LogP contribution in [0.5, 0.6) is 0 Å². The van der Waals surface area contributed by atoms with Crippen LogP contribution >= 0.6 is 0 Å². The van der Waals surface area contributed by atoms with Crippen molar-refractivity contribution in [2.45, 2.75) is 32.5 Å². The van der Waals surface area contributed by atoms with Crippen LogP contribution in [-0.4, -0.2) is 53.8 Å². The Morgan fingerprint density at radius 2 is 1.81 bits per heavy atom. The summed E-state index contributed by atoms with van der Waals surface area (Å²) in [7, 11) is 0. The molecule has 3 aliphatic rings. The first-order valence-corrected chi connectivity index (χ1v) is 7.74. The molecule has 3 aliphatic heterocycles. The molecule has 0 aromatic rings. The SMILES string of the molecule is CC(C)(C)OC(=O)N1CC2CN(C3C=CC=CN3)CC2C1. The third-order valence-corrected chi connectivity index (χ3v) is 4.33. The molecule has 0 aromatic heterocycles. The zero-order valence-corrected chi connectivity index (χ0v) is 13.1. The fraction of sp³-hybridized carbons (Fsp3) is 0.688. The van der Waals surface area contributed by atoms with Gasteiger partial charge in [0.15, 0.2) is 0 Å². The van der Waals surface area contributed by atoms with E-state index >= 15 is 0 Å². The van der Waals surface area contributed by atoms with Crippen molar-refractivity contribution in [1.29, 1.82) is 0 Å². The molecular formula is C16H25N3O2. The highest BCUT2D eigenvalue weighted by Gasteiger charge is 2.43. The first kappa shape index (κ1) is 14.4. The number of amides is 1. The van der Waals surface area contributed by atoms with Gasteiger partial charge in [-0.1, -0.05) is 6.08 Å². The topological polar surface area (TPSA) is 44.8 Å². The number of fused-ring (bicyclic) bond motifs is 1. The fourth-order valence-corrected chi connectivity index (χ4v) is 3.39. The van der Waals surface area contributed by atoms with Gasteiger partial charge >= 0.3 is 6.09 Å². The minimum Gasteiger partial charge on any atom is -0.444 e. The number of hydrogen-bond acceptors (Lipinski definition) is 4. The lowest BCUT2D eigenvalue weighted by Gasteiger charge is -2.29. The average Bonchev–Trinajstić information content (AvgIpc) is 2.95. The van der Waals surface area contributed by atoms with Gasteiger partial charge in [-0.25, -0.2) is 4.79 Å². The number of rotatable bonds is 1. The molecule has 0 aromatic carbocycles. The van der Waals surface area contributed by atoms with E-state index < -0.39 is 5.60 Å². The van der Waals surface area contributed by atoms with E-state index in [9.17, 15) is 4.79 Å². The van der Waals surface area contributed by atoms with Crippen LogP contribution in [0.4, 0.5) is 4.79 Å². The van der Waals surface area contributed by atoms with Gasteiger partial charge < -0.3 is 15.0 Å². The molecule has 0 bridgehead atoms. The average molecular weight is 291 g/mol. The minimum absolute atomic E-state index is 0.165. The second-order valence-electron chi connectivity index (χ2n) is 7.21. The fourth-order valence-electron chi connectivity index (χ4n) is 3.39. The third kappa shape index (κ3) is 3.23. The zero-order chi connectivity index (χ0) is 15.0. The molecular weight excluding hydrogens is 266 g/mol. The van der Waals surface area contributed by atoms with Crippen molar-refractivity contribution in [2.24, 2.45) is 11.8 Å². The van der Waals surface area contributed by atoms with E-state index in [4.69, 9.17) is 4.74 Å². The summed E-state index contributed by atoms with van der Waals surface area (Å²) in [4.78, 5) is 16.5. The number of nitrogens with zero attached hydrogens (tertiary/aromatic N) is 2. The number of ether oxygens (including phenoxy) is 1. The number of hydrogen-bond donors (Lipinski definition) is 1. The van der Waals surface area contributed by atoms with Gasteiger partial charge in [0, 0.05) is 26.2 Å². The second-order valence-corrected chi connectivity index (χ2v) is 7.21. The molecule has 3 rings (SSSR count). The molecule has 2 fully saturated rings. The van der Waals surface area contributed by atoms with E-state index in [-0.39, 0.29) is 6.09 Å². The van der Waals surface area contributed by atoms with E-state index in [1.807, 2.05) is 37.9 Å². The minimum atomic E-state index is -0.413. The third-order valence-electron chi connectivity index (χ3n) is 4.33. The van der Waals surface area contributed by atoms with Gasteiger partial charge in [-0.15, -0.1) is 0 Å². The predicted molar refractivity (Wildman–Crippen MR) is 81.6 cm³/mol. The molecule has 0 aliphatic carbocycles. The number of nitrogens with one attached hydrogen (secondary N) is 1. The highest BCUT2D eigenvalue weighted by Crippen LogP contribution is 2.32.